The van der Waals surface area contributed by atoms with E-state index in [9.17, 15) is 14.0 Å². The second kappa shape index (κ2) is 11.2. The fourth-order valence-corrected chi connectivity index (χ4v) is 5.08. The minimum absolute atomic E-state index is 0.0887. The van der Waals surface area contributed by atoms with Crippen LogP contribution in [0.1, 0.15) is 26.8 Å². The second-order valence-electron chi connectivity index (χ2n) is 8.12. The molecule has 1 aliphatic heterocycles. The molecule has 0 aliphatic carbocycles. The SMILES string of the molecule is C=CCN(CC(=O)N1CCc2sccc2[C@H]1COc1ccc(F)cc1)C(=O)c1cccc(OC)c1. The lowest BCUT2D eigenvalue weighted by Gasteiger charge is -2.37. The summed E-state index contributed by atoms with van der Waals surface area (Å²) in [5.74, 6) is 0.314. The molecule has 2 heterocycles. The van der Waals surface area contributed by atoms with E-state index in [-0.39, 0.29) is 43.4 Å². The zero-order chi connectivity index (χ0) is 24.8. The molecule has 1 aliphatic rings. The molecule has 182 valence electrons. The van der Waals surface area contributed by atoms with E-state index in [1.807, 2.05) is 11.4 Å². The molecule has 0 radical (unpaired) electrons. The summed E-state index contributed by atoms with van der Waals surface area (Å²) >= 11 is 1.66. The first-order valence-corrected chi connectivity index (χ1v) is 12.2. The molecule has 0 saturated heterocycles. The topological polar surface area (TPSA) is 59.1 Å². The van der Waals surface area contributed by atoms with Gasteiger partial charge in [-0.05, 0) is 65.9 Å². The Morgan fingerprint density at radius 2 is 2.00 bits per heavy atom. The van der Waals surface area contributed by atoms with E-state index < -0.39 is 0 Å². The largest absolute Gasteiger partial charge is 0.497 e. The van der Waals surface area contributed by atoms with Crippen molar-refractivity contribution in [2.45, 2.75) is 12.5 Å². The average Bonchev–Trinajstić information content (AvgIpc) is 3.36. The van der Waals surface area contributed by atoms with Crippen LogP contribution in [-0.4, -0.2) is 55.0 Å². The molecule has 4 rings (SSSR count). The molecular formula is C27H27FN2O4S. The van der Waals surface area contributed by atoms with Gasteiger partial charge in [0.15, 0.2) is 0 Å². The molecule has 1 atom stereocenters. The van der Waals surface area contributed by atoms with E-state index >= 15 is 0 Å². The zero-order valence-electron chi connectivity index (χ0n) is 19.5. The van der Waals surface area contributed by atoms with Gasteiger partial charge < -0.3 is 19.3 Å². The van der Waals surface area contributed by atoms with Crippen LogP contribution < -0.4 is 9.47 Å². The van der Waals surface area contributed by atoms with Gasteiger partial charge in [0.2, 0.25) is 5.91 Å². The molecule has 2 aromatic carbocycles. The van der Waals surface area contributed by atoms with Crippen LogP contribution >= 0.6 is 11.3 Å². The highest BCUT2D eigenvalue weighted by molar-refractivity contribution is 7.10. The number of hydrogen-bond acceptors (Lipinski definition) is 5. The third-order valence-electron chi connectivity index (χ3n) is 5.92. The Labute approximate surface area is 208 Å². The van der Waals surface area contributed by atoms with Gasteiger partial charge in [0.05, 0.1) is 13.2 Å². The Morgan fingerprint density at radius 1 is 1.20 bits per heavy atom. The predicted octanol–water partition coefficient (Wildman–Crippen LogP) is 4.73. The highest BCUT2D eigenvalue weighted by atomic mass is 32.1. The van der Waals surface area contributed by atoms with Gasteiger partial charge in [-0.1, -0.05) is 12.1 Å². The third-order valence-corrected chi connectivity index (χ3v) is 6.91. The summed E-state index contributed by atoms with van der Waals surface area (Å²) in [5.41, 5.74) is 1.49. The number of benzene rings is 2. The van der Waals surface area contributed by atoms with Crippen molar-refractivity contribution in [3.63, 3.8) is 0 Å². The van der Waals surface area contributed by atoms with Gasteiger partial charge >= 0.3 is 0 Å². The van der Waals surface area contributed by atoms with E-state index in [2.05, 4.69) is 6.58 Å². The van der Waals surface area contributed by atoms with Crippen LogP contribution in [0.15, 0.2) is 72.6 Å². The fraction of sp³-hybridized carbons (Fsp3) is 0.259. The van der Waals surface area contributed by atoms with Gasteiger partial charge in [0.25, 0.3) is 5.91 Å². The smallest absolute Gasteiger partial charge is 0.254 e. The predicted molar refractivity (Wildman–Crippen MR) is 133 cm³/mol. The maximum absolute atomic E-state index is 13.5. The Morgan fingerprint density at radius 3 is 2.74 bits per heavy atom. The fourth-order valence-electron chi connectivity index (χ4n) is 4.15. The number of fused-ring (bicyclic) bond motifs is 1. The molecule has 8 heteroatoms. The van der Waals surface area contributed by atoms with Gasteiger partial charge in [-0.2, -0.15) is 0 Å². The van der Waals surface area contributed by atoms with Crippen molar-refractivity contribution < 1.29 is 23.5 Å². The standard InChI is InChI=1S/C27H27FN2O4S/c1-3-13-29(27(32)19-5-4-6-22(16-19)33-2)17-26(31)30-14-11-25-23(12-15-35-25)24(30)18-34-21-9-7-20(28)8-10-21/h3-10,12,15-16,24H,1,11,13-14,17-18H2,2H3/t24-/m1/s1. The summed E-state index contributed by atoms with van der Waals surface area (Å²) in [6.45, 7) is 4.65. The van der Waals surface area contributed by atoms with Gasteiger partial charge in [0, 0.05) is 23.5 Å². The molecule has 35 heavy (non-hydrogen) atoms. The maximum Gasteiger partial charge on any atom is 0.254 e. The first-order valence-electron chi connectivity index (χ1n) is 11.3. The lowest BCUT2D eigenvalue weighted by Crippen LogP contribution is -2.47. The second-order valence-corrected chi connectivity index (χ2v) is 9.12. The molecule has 0 fully saturated rings. The molecule has 0 spiro atoms. The molecule has 0 bridgehead atoms. The Balaban J connectivity index is 1.52. The van der Waals surface area contributed by atoms with Crippen molar-refractivity contribution >= 4 is 23.2 Å². The van der Waals surface area contributed by atoms with Crippen LogP contribution in [0.4, 0.5) is 4.39 Å². The number of methoxy groups -OCH3 is 1. The van der Waals surface area contributed by atoms with Crippen molar-refractivity contribution in [1.29, 1.82) is 0 Å². The zero-order valence-corrected chi connectivity index (χ0v) is 20.3. The third kappa shape index (κ3) is 5.71. The van der Waals surface area contributed by atoms with Gasteiger partial charge in [-0.15, -0.1) is 17.9 Å². The molecular weight excluding hydrogens is 467 g/mol. The van der Waals surface area contributed by atoms with Crippen molar-refractivity contribution in [1.82, 2.24) is 9.80 Å². The number of ether oxygens (including phenoxy) is 2. The quantitative estimate of drug-likeness (QED) is 0.404. The van der Waals surface area contributed by atoms with E-state index in [0.717, 1.165) is 12.0 Å². The van der Waals surface area contributed by atoms with Crippen molar-refractivity contribution in [3.05, 3.63) is 94.5 Å². The van der Waals surface area contributed by atoms with Crippen LogP contribution in [0, 0.1) is 5.82 Å². The number of thiophene rings is 1. The first-order chi connectivity index (χ1) is 17.0. The average molecular weight is 495 g/mol. The molecule has 6 nitrogen and oxygen atoms in total. The van der Waals surface area contributed by atoms with Gasteiger partial charge in [-0.25, -0.2) is 4.39 Å². The van der Waals surface area contributed by atoms with E-state index in [4.69, 9.17) is 9.47 Å². The monoisotopic (exact) mass is 494 g/mol. The van der Waals surface area contributed by atoms with E-state index in [0.29, 0.717) is 23.6 Å². The van der Waals surface area contributed by atoms with E-state index in [1.165, 1.54) is 29.0 Å². The van der Waals surface area contributed by atoms with Crippen molar-refractivity contribution in [2.24, 2.45) is 0 Å². The van der Waals surface area contributed by atoms with Crippen LogP contribution in [0.25, 0.3) is 0 Å². The number of amides is 2. The van der Waals surface area contributed by atoms with Crippen LogP contribution in [0.5, 0.6) is 11.5 Å². The van der Waals surface area contributed by atoms with Crippen LogP contribution in [-0.2, 0) is 11.2 Å². The number of carbonyl (C=O) groups excluding carboxylic acids is 2. The molecule has 0 unspecified atom stereocenters. The number of carbonyl (C=O) groups is 2. The van der Waals surface area contributed by atoms with Crippen LogP contribution in [0.3, 0.4) is 0 Å². The summed E-state index contributed by atoms with van der Waals surface area (Å²) < 4.78 is 24.4. The molecule has 3 aromatic rings. The summed E-state index contributed by atoms with van der Waals surface area (Å²) in [7, 11) is 1.54. The summed E-state index contributed by atoms with van der Waals surface area (Å²) in [6.07, 6.45) is 2.35. The molecule has 2 amide bonds. The number of halogens is 1. The Hall–Kier alpha value is -3.65. The number of hydrogen-bond donors (Lipinski definition) is 0. The number of rotatable bonds is 9. The minimum atomic E-state index is -0.338. The molecule has 0 saturated carbocycles. The lowest BCUT2D eigenvalue weighted by atomic mass is 10.0. The summed E-state index contributed by atoms with van der Waals surface area (Å²) in [5, 5.41) is 2.01. The Kier molecular flexibility index (Phi) is 7.82. The normalized spacial score (nSPS) is 14.7. The van der Waals surface area contributed by atoms with Crippen molar-refractivity contribution in [3.8, 4) is 11.5 Å². The minimum Gasteiger partial charge on any atom is -0.497 e. The summed E-state index contributed by atoms with van der Waals surface area (Å²) in [4.78, 5) is 31.2. The highest BCUT2D eigenvalue weighted by Gasteiger charge is 2.33. The number of nitrogens with zero attached hydrogens (tertiary/aromatic N) is 2. The van der Waals surface area contributed by atoms with Crippen molar-refractivity contribution in [2.75, 3.05) is 33.4 Å². The first kappa shape index (κ1) is 24.5. The molecule has 1 aromatic heterocycles. The lowest BCUT2D eigenvalue weighted by molar-refractivity contribution is -0.135. The molecule has 0 N–H and O–H groups in total. The highest BCUT2D eigenvalue weighted by Crippen LogP contribution is 2.34. The maximum atomic E-state index is 13.5. The van der Waals surface area contributed by atoms with E-state index in [1.54, 1.807) is 58.7 Å². The van der Waals surface area contributed by atoms with Gasteiger partial charge in [0.1, 0.15) is 30.5 Å². The van der Waals surface area contributed by atoms with Gasteiger partial charge in [-0.3, -0.25) is 9.59 Å². The van der Waals surface area contributed by atoms with Crippen LogP contribution in [0.2, 0.25) is 0 Å². The summed E-state index contributed by atoms with van der Waals surface area (Å²) in [6, 6.07) is 14.4. The Bertz CT molecular complexity index is 1190.